The smallest absolute Gasteiger partial charge is 0.212 e. The average molecular weight is 293 g/mol. The molecule has 0 radical (unpaired) electrons. The molecule has 1 N–H and O–H groups in total. The predicted molar refractivity (Wildman–Crippen MR) is 85.4 cm³/mol. The molecule has 1 aliphatic heterocycles. The SMILES string of the molecule is CCC(CC)C1CN=C(NCc2ccc(OC)nc2)S1. The fourth-order valence-electron chi connectivity index (χ4n) is 2.36. The largest absolute Gasteiger partial charge is 0.481 e. The van der Waals surface area contributed by atoms with Crippen LogP contribution in [0.2, 0.25) is 0 Å². The zero-order chi connectivity index (χ0) is 14.4. The van der Waals surface area contributed by atoms with Gasteiger partial charge in [0.15, 0.2) is 5.17 Å². The van der Waals surface area contributed by atoms with E-state index in [2.05, 4.69) is 29.1 Å². The molecule has 0 saturated heterocycles. The van der Waals surface area contributed by atoms with Gasteiger partial charge >= 0.3 is 0 Å². The number of ether oxygens (including phenoxy) is 1. The van der Waals surface area contributed by atoms with Crippen molar-refractivity contribution in [1.29, 1.82) is 0 Å². The number of amidine groups is 1. The molecule has 2 heterocycles. The third-order valence-electron chi connectivity index (χ3n) is 3.70. The van der Waals surface area contributed by atoms with E-state index in [1.165, 1.54) is 12.8 Å². The van der Waals surface area contributed by atoms with E-state index in [4.69, 9.17) is 4.74 Å². The van der Waals surface area contributed by atoms with Gasteiger partial charge in [-0.05, 0) is 11.5 Å². The molecule has 0 amide bonds. The molecule has 110 valence electrons. The first-order valence-electron chi connectivity index (χ1n) is 7.20. The van der Waals surface area contributed by atoms with E-state index < -0.39 is 0 Å². The summed E-state index contributed by atoms with van der Waals surface area (Å²) in [5.74, 6) is 1.42. The molecule has 0 saturated carbocycles. The number of nitrogens with one attached hydrogen (secondary N) is 1. The van der Waals surface area contributed by atoms with Gasteiger partial charge in [0.25, 0.3) is 0 Å². The van der Waals surface area contributed by atoms with Crippen LogP contribution in [0.5, 0.6) is 5.88 Å². The summed E-state index contributed by atoms with van der Waals surface area (Å²) in [6.45, 7) is 6.24. The Morgan fingerprint density at radius 2 is 2.20 bits per heavy atom. The minimum atomic E-state index is 0.640. The maximum absolute atomic E-state index is 5.05. The van der Waals surface area contributed by atoms with Crippen LogP contribution in [-0.2, 0) is 6.54 Å². The van der Waals surface area contributed by atoms with Crippen molar-refractivity contribution in [1.82, 2.24) is 10.3 Å². The van der Waals surface area contributed by atoms with Gasteiger partial charge in [0.2, 0.25) is 5.88 Å². The van der Waals surface area contributed by atoms with Crippen molar-refractivity contribution in [3.05, 3.63) is 23.9 Å². The highest BCUT2D eigenvalue weighted by atomic mass is 32.2. The maximum atomic E-state index is 5.05. The molecule has 1 unspecified atom stereocenters. The van der Waals surface area contributed by atoms with Gasteiger partial charge in [-0.1, -0.05) is 44.5 Å². The number of hydrogen-bond acceptors (Lipinski definition) is 5. The third kappa shape index (κ3) is 3.88. The van der Waals surface area contributed by atoms with Gasteiger partial charge in [-0.2, -0.15) is 0 Å². The van der Waals surface area contributed by atoms with E-state index >= 15 is 0 Å². The van der Waals surface area contributed by atoms with Gasteiger partial charge in [0.1, 0.15) is 0 Å². The lowest BCUT2D eigenvalue weighted by Gasteiger charge is -2.18. The summed E-state index contributed by atoms with van der Waals surface area (Å²) < 4.78 is 5.05. The molecule has 0 fully saturated rings. The van der Waals surface area contributed by atoms with Crippen molar-refractivity contribution < 1.29 is 4.74 Å². The standard InChI is InChI=1S/C15H23N3OS/c1-4-12(5-2)13-10-18-15(20-13)17-9-11-6-7-14(19-3)16-8-11/h6-8,12-13H,4-5,9-10H2,1-3H3,(H,17,18). The second-order valence-corrected chi connectivity index (χ2v) is 6.17. The van der Waals surface area contributed by atoms with E-state index in [0.717, 1.165) is 29.7 Å². The summed E-state index contributed by atoms with van der Waals surface area (Å²) >= 11 is 1.89. The Balaban J connectivity index is 1.80. The van der Waals surface area contributed by atoms with Gasteiger partial charge in [0.05, 0.1) is 13.7 Å². The predicted octanol–water partition coefficient (Wildman–Crippen LogP) is 3.09. The molecule has 5 heteroatoms. The van der Waals surface area contributed by atoms with Crippen LogP contribution in [0, 0.1) is 5.92 Å². The number of aliphatic imine (C=N–C) groups is 1. The number of methoxy groups -OCH3 is 1. The second-order valence-electron chi connectivity index (χ2n) is 4.94. The van der Waals surface area contributed by atoms with Crippen molar-refractivity contribution >= 4 is 16.9 Å². The van der Waals surface area contributed by atoms with E-state index in [0.29, 0.717) is 11.1 Å². The number of nitrogens with zero attached hydrogens (tertiary/aromatic N) is 2. The van der Waals surface area contributed by atoms with E-state index in [1.807, 2.05) is 30.1 Å². The summed E-state index contributed by atoms with van der Waals surface area (Å²) in [6, 6.07) is 3.91. The highest BCUT2D eigenvalue weighted by molar-refractivity contribution is 8.14. The molecule has 20 heavy (non-hydrogen) atoms. The van der Waals surface area contributed by atoms with Gasteiger partial charge in [-0.15, -0.1) is 0 Å². The van der Waals surface area contributed by atoms with Gasteiger partial charge < -0.3 is 10.1 Å². The van der Waals surface area contributed by atoms with Crippen LogP contribution in [0.1, 0.15) is 32.3 Å². The molecule has 4 nitrogen and oxygen atoms in total. The molecule has 0 aromatic carbocycles. The lowest BCUT2D eigenvalue weighted by Crippen LogP contribution is -2.21. The van der Waals surface area contributed by atoms with E-state index in [-0.39, 0.29) is 0 Å². The summed E-state index contributed by atoms with van der Waals surface area (Å²) in [7, 11) is 1.63. The van der Waals surface area contributed by atoms with E-state index in [1.54, 1.807) is 7.11 Å². The summed E-state index contributed by atoms with van der Waals surface area (Å²) in [5, 5.41) is 5.11. The normalized spacial score (nSPS) is 18.2. The highest BCUT2D eigenvalue weighted by Crippen LogP contribution is 2.30. The monoisotopic (exact) mass is 293 g/mol. The van der Waals surface area contributed by atoms with Crippen molar-refractivity contribution in [2.45, 2.75) is 38.5 Å². The molecular formula is C15H23N3OS. The minimum absolute atomic E-state index is 0.640. The number of pyridine rings is 1. The van der Waals surface area contributed by atoms with Crippen LogP contribution in [0.4, 0.5) is 0 Å². The molecule has 1 atom stereocenters. The molecule has 2 rings (SSSR count). The Kier molecular flexibility index (Phi) is 5.71. The van der Waals surface area contributed by atoms with Crippen molar-refractivity contribution in [2.24, 2.45) is 10.9 Å². The van der Waals surface area contributed by atoms with Crippen LogP contribution >= 0.6 is 11.8 Å². The van der Waals surface area contributed by atoms with Crippen LogP contribution in [0.15, 0.2) is 23.3 Å². The Morgan fingerprint density at radius 1 is 1.40 bits per heavy atom. The Bertz CT molecular complexity index is 443. The fourth-order valence-corrected chi connectivity index (χ4v) is 3.68. The van der Waals surface area contributed by atoms with Gasteiger partial charge in [-0.3, -0.25) is 4.99 Å². The Hall–Kier alpha value is -1.23. The number of hydrogen-bond donors (Lipinski definition) is 1. The van der Waals surface area contributed by atoms with Gasteiger partial charge in [-0.25, -0.2) is 4.98 Å². The second kappa shape index (κ2) is 7.53. The first-order valence-corrected chi connectivity index (χ1v) is 8.08. The topological polar surface area (TPSA) is 46.5 Å². The maximum Gasteiger partial charge on any atom is 0.212 e. The molecule has 1 aromatic rings. The average Bonchev–Trinajstić information content (AvgIpc) is 2.96. The van der Waals surface area contributed by atoms with Crippen molar-refractivity contribution in [3.8, 4) is 5.88 Å². The Morgan fingerprint density at radius 3 is 2.80 bits per heavy atom. The zero-order valence-corrected chi connectivity index (χ0v) is 13.2. The lowest BCUT2D eigenvalue weighted by molar-refractivity contribution is 0.397. The van der Waals surface area contributed by atoms with Crippen molar-refractivity contribution in [3.63, 3.8) is 0 Å². The Labute approximate surface area is 125 Å². The third-order valence-corrected chi connectivity index (χ3v) is 5.04. The van der Waals surface area contributed by atoms with E-state index in [9.17, 15) is 0 Å². The first-order chi connectivity index (χ1) is 9.76. The zero-order valence-electron chi connectivity index (χ0n) is 12.4. The van der Waals surface area contributed by atoms with Crippen molar-refractivity contribution in [2.75, 3.05) is 13.7 Å². The highest BCUT2D eigenvalue weighted by Gasteiger charge is 2.25. The quantitative estimate of drug-likeness (QED) is 0.875. The molecule has 1 aromatic heterocycles. The number of aromatic nitrogens is 1. The minimum Gasteiger partial charge on any atom is -0.481 e. The fraction of sp³-hybridized carbons (Fsp3) is 0.600. The van der Waals surface area contributed by atoms with Crippen LogP contribution in [-0.4, -0.2) is 29.1 Å². The summed E-state index contributed by atoms with van der Waals surface area (Å²) in [4.78, 5) is 8.81. The molecular weight excluding hydrogens is 270 g/mol. The van der Waals surface area contributed by atoms with Crippen LogP contribution < -0.4 is 10.1 Å². The molecule has 0 aliphatic carbocycles. The summed E-state index contributed by atoms with van der Waals surface area (Å²) in [6.07, 6.45) is 4.31. The van der Waals surface area contributed by atoms with Crippen LogP contribution in [0.25, 0.3) is 0 Å². The number of rotatable bonds is 6. The number of thioether (sulfide) groups is 1. The van der Waals surface area contributed by atoms with Gasteiger partial charge in [0, 0.05) is 24.1 Å². The molecule has 1 aliphatic rings. The molecule has 0 bridgehead atoms. The summed E-state index contributed by atoms with van der Waals surface area (Å²) in [5.41, 5.74) is 1.14. The first kappa shape index (κ1) is 15.2. The molecule has 0 spiro atoms. The van der Waals surface area contributed by atoms with Crippen LogP contribution in [0.3, 0.4) is 0 Å². The lowest BCUT2D eigenvalue weighted by atomic mass is 9.99.